The first-order valence-corrected chi connectivity index (χ1v) is 11.3. The van der Waals surface area contributed by atoms with Crippen molar-refractivity contribution in [1.29, 1.82) is 0 Å². The van der Waals surface area contributed by atoms with Gasteiger partial charge in [0.25, 0.3) is 0 Å². The van der Waals surface area contributed by atoms with Crippen LogP contribution >= 0.6 is 0 Å². The molecule has 2 aliphatic rings. The van der Waals surface area contributed by atoms with Crippen LogP contribution in [0, 0.1) is 0 Å². The Morgan fingerprint density at radius 3 is 1.97 bits per heavy atom. The van der Waals surface area contributed by atoms with E-state index in [4.69, 9.17) is 0 Å². The summed E-state index contributed by atoms with van der Waals surface area (Å²) in [6.45, 7) is 9.71. The molecule has 2 aliphatic carbocycles. The number of fused-ring (bicyclic) bond motifs is 3. The van der Waals surface area contributed by atoms with Gasteiger partial charge in [-0.25, -0.2) is 0 Å². The molecule has 0 fully saturated rings. The van der Waals surface area contributed by atoms with E-state index in [1.54, 1.807) is 0 Å². The maximum atomic E-state index is 2.45. The predicted molar refractivity (Wildman–Crippen MR) is 133 cm³/mol. The van der Waals surface area contributed by atoms with Crippen LogP contribution in [0.25, 0.3) is 11.1 Å². The van der Waals surface area contributed by atoms with E-state index in [1.165, 1.54) is 44.9 Å². The van der Waals surface area contributed by atoms with Gasteiger partial charge in [-0.1, -0.05) is 48.6 Å². The molecule has 0 aliphatic heterocycles. The lowest BCUT2D eigenvalue weighted by Gasteiger charge is -2.37. The van der Waals surface area contributed by atoms with Gasteiger partial charge < -0.3 is 14.7 Å². The molecule has 3 nitrogen and oxygen atoms in total. The number of nitrogens with zero attached hydrogens (tertiary/aromatic N) is 3. The summed E-state index contributed by atoms with van der Waals surface area (Å²) in [5.74, 6) is 0.318. The van der Waals surface area contributed by atoms with Crippen LogP contribution in [-0.4, -0.2) is 40.8 Å². The maximum absolute atomic E-state index is 2.45. The fourth-order valence-corrected chi connectivity index (χ4v) is 4.95. The van der Waals surface area contributed by atoms with Gasteiger partial charge in [-0.05, 0) is 48.6 Å². The zero-order valence-electron chi connectivity index (χ0n) is 19.4. The summed E-state index contributed by atoms with van der Waals surface area (Å²) in [5, 5.41) is 0. The molecule has 0 saturated heterocycles. The molecular formula is C27H35N3. The summed E-state index contributed by atoms with van der Waals surface area (Å²) < 4.78 is 0. The summed E-state index contributed by atoms with van der Waals surface area (Å²) >= 11 is 0. The molecule has 2 aromatic rings. The van der Waals surface area contributed by atoms with Gasteiger partial charge in [-0.2, -0.15) is 0 Å². The molecule has 30 heavy (non-hydrogen) atoms. The van der Waals surface area contributed by atoms with Gasteiger partial charge in [0.2, 0.25) is 0 Å². The molecule has 2 aromatic carbocycles. The molecule has 0 atom stereocenters. The molecule has 3 heteroatoms. The van der Waals surface area contributed by atoms with E-state index in [0.717, 1.165) is 26.1 Å². The average Bonchev–Trinajstić information content (AvgIpc) is 3.44. The van der Waals surface area contributed by atoms with Gasteiger partial charge in [-0.3, -0.25) is 0 Å². The average molecular weight is 402 g/mol. The Morgan fingerprint density at radius 2 is 1.33 bits per heavy atom. The molecule has 4 rings (SSSR count). The highest BCUT2D eigenvalue weighted by Crippen LogP contribution is 2.55. The standard InChI is InChI=1S/C27H35N3/c1-7-28(4)25-22-18-20-16-12-13-17-21(20)24(22)23(19-14-10-11-15-19)26(29(5)8-2)27(25)30(6)9-3/h10-17,19H,7-9,18H2,1-6H3. The molecule has 0 amide bonds. The Labute approximate surface area is 182 Å². The van der Waals surface area contributed by atoms with Crippen molar-refractivity contribution in [1.82, 2.24) is 0 Å². The molecule has 0 unspecified atom stereocenters. The largest absolute Gasteiger partial charge is 0.373 e. The van der Waals surface area contributed by atoms with Crippen molar-refractivity contribution in [3.63, 3.8) is 0 Å². The third-order valence-electron chi connectivity index (χ3n) is 6.86. The molecule has 0 radical (unpaired) electrons. The molecule has 0 aromatic heterocycles. The van der Waals surface area contributed by atoms with E-state index in [2.05, 4.69) is 105 Å². The minimum Gasteiger partial charge on any atom is -0.373 e. The maximum Gasteiger partial charge on any atom is 0.0845 e. The molecule has 0 bridgehead atoms. The number of hydrogen-bond donors (Lipinski definition) is 0. The Bertz CT molecular complexity index is 990. The van der Waals surface area contributed by atoms with E-state index in [-0.39, 0.29) is 0 Å². The molecule has 0 heterocycles. The number of rotatable bonds is 7. The van der Waals surface area contributed by atoms with Crippen LogP contribution < -0.4 is 14.7 Å². The van der Waals surface area contributed by atoms with Gasteiger partial charge in [0.15, 0.2) is 0 Å². The summed E-state index contributed by atoms with van der Waals surface area (Å²) in [6.07, 6.45) is 10.1. The van der Waals surface area contributed by atoms with Crippen LogP contribution in [0.3, 0.4) is 0 Å². The topological polar surface area (TPSA) is 9.72 Å². The monoisotopic (exact) mass is 401 g/mol. The quantitative estimate of drug-likeness (QED) is 0.493. The number of hydrogen-bond acceptors (Lipinski definition) is 3. The smallest absolute Gasteiger partial charge is 0.0845 e. The predicted octanol–water partition coefficient (Wildman–Crippen LogP) is 5.84. The zero-order valence-corrected chi connectivity index (χ0v) is 19.4. The van der Waals surface area contributed by atoms with Crippen molar-refractivity contribution < 1.29 is 0 Å². The van der Waals surface area contributed by atoms with E-state index >= 15 is 0 Å². The summed E-state index contributed by atoms with van der Waals surface area (Å²) in [6, 6.07) is 9.00. The highest BCUT2D eigenvalue weighted by atomic mass is 15.2. The van der Waals surface area contributed by atoms with E-state index in [9.17, 15) is 0 Å². The van der Waals surface area contributed by atoms with Gasteiger partial charge >= 0.3 is 0 Å². The number of benzene rings is 2. The van der Waals surface area contributed by atoms with E-state index in [0.29, 0.717) is 5.92 Å². The molecule has 0 saturated carbocycles. The van der Waals surface area contributed by atoms with Crippen molar-refractivity contribution in [2.24, 2.45) is 0 Å². The van der Waals surface area contributed by atoms with Gasteiger partial charge in [-0.15, -0.1) is 0 Å². The van der Waals surface area contributed by atoms with Crippen molar-refractivity contribution in [3.8, 4) is 11.1 Å². The number of anilines is 3. The summed E-state index contributed by atoms with van der Waals surface area (Å²) in [7, 11) is 6.74. The zero-order chi connectivity index (χ0) is 21.4. The SMILES string of the molecule is CCN(C)c1c2c(c(C3C=CC=C3)c(N(C)CC)c1N(C)CC)-c1ccccc1C2. The number of allylic oxidation sites excluding steroid dienone is 4. The van der Waals surface area contributed by atoms with Crippen molar-refractivity contribution >= 4 is 17.1 Å². The highest BCUT2D eigenvalue weighted by molar-refractivity contribution is 6.00. The first-order chi connectivity index (χ1) is 14.5. The normalized spacial score (nSPS) is 14.2. The van der Waals surface area contributed by atoms with Gasteiger partial charge in [0.05, 0.1) is 17.1 Å². The van der Waals surface area contributed by atoms with Gasteiger partial charge in [0.1, 0.15) is 0 Å². The Morgan fingerprint density at radius 1 is 0.767 bits per heavy atom. The Hall–Kier alpha value is -2.68. The fourth-order valence-electron chi connectivity index (χ4n) is 4.95. The lowest BCUT2D eigenvalue weighted by atomic mass is 9.86. The lowest BCUT2D eigenvalue weighted by molar-refractivity contribution is 0.891. The third-order valence-corrected chi connectivity index (χ3v) is 6.86. The first-order valence-electron chi connectivity index (χ1n) is 11.3. The second kappa shape index (κ2) is 8.22. The van der Waals surface area contributed by atoms with Crippen LogP contribution in [-0.2, 0) is 6.42 Å². The molecule has 158 valence electrons. The van der Waals surface area contributed by atoms with Crippen molar-refractivity contribution in [3.05, 3.63) is 65.3 Å². The van der Waals surface area contributed by atoms with Crippen molar-refractivity contribution in [2.45, 2.75) is 33.1 Å². The minimum atomic E-state index is 0.318. The second-order valence-corrected chi connectivity index (χ2v) is 8.49. The first kappa shape index (κ1) is 20.6. The lowest BCUT2D eigenvalue weighted by Crippen LogP contribution is -2.29. The molecule has 0 spiro atoms. The Balaban J connectivity index is 2.17. The third kappa shape index (κ3) is 3.12. The van der Waals surface area contributed by atoms with Crippen LogP contribution in [0.2, 0.25) is 0 Å². The van der Waals surface area contributed by atoms with Crippen molar-refractivity contribution in [2.75, 3.05) is 55.5 Å². The van der Waals surface area contributed by atoms with Crippen LogP contribution in [0.1, 0.15) is 43.4 Å². The molecular weight excluding hydrogens is 366 g/mol. The minimum absolute atomic E-state index is 0.318. The second-order valence-electron chi connectivity index (χ2n) is 8.49. The Kier molecular flexibility index (Phi) is 5.64. The summed E-state index contributed by atoms with van der Waals surface area (Å²) in [4.78, 5) is 7.34. The molecule has 0 N–H and O–H groups in total. The van der Waals surface area contributed by atoms with Crippen LogP contribution in [0.4, 0.5) is 17.1 Å². The summed E-state index contributed by atoms with van der Waals surface area (Å²) in [5.41, 5.74) is 11.4. The van der Waals surface area contributed by atoms with E-state index < -0.39 is 0 Å². The van der Waals surface area contributed by atoms with Crippen LogP contribution in [0.15, 0.2) is 48.6 Å². The fraction of sp³-hybridized carbons (Fsp3) is 0.407. The van der Waals surface area contributed by atoms with E-state index in [1.807, 2.05) is 0 Å². The van der Waals surface area contributed by atoms with Gasteiger partial charge in [0, 0.05) is 53.1 Å². The van der Waals surface area contributed by atoms with Crippen LogP contribution in [0.5, 0.6) is 0 Å². The highest BCUT2D eigenvalue weighted by Gasteiger charge is 2.35.